The number of rotatable bonds is 9. The number of likely N-dealkylation sites (N-methyl/N-ethyl adjacent to an activating group) is 1. The molecular weight excluding hydrogens is 483 g/mol. The largest absolute Gasteiger partial charge is 0.359 e. The first kappa shape index (κ1) is 25.7. The van der Waals surface area contributed by atoms with Crippen LogP contribution >= 0.6 is 24.0 Å². The maximum atomic E-state index is 12.3. The maximum absolute atomic E-state index is 12.3. The summed E-state index contributed by atoms with van der Waals surface area (Å²) in [6.07, 6.45) is 3.02. The third kappa shape index (κ3) is 8.12. The van der Waals surface area contributed by atoms with Gasteiger partial charge < -0.3 is 20.1 Å². The van der Waals surface area contributed by atoms with E-state index in [9.17, 15) is 4.79 Å². The molecule has 29 heavy (non-hydrogen) atoms. The minimum atomic E-state index is 0. The highest BCUT2D eigenvalue weighted by Gasteiger charge is 2.30. The summed E-state index contributed by atoms with van der Waals surface area (Å²) in [6, 6.07) is 2.01. The molecule has 8 nitrogen and oxygen atoms in total. The van der Waals surface area contributed by atoms with Crippen LogP contribution in [-0.2, 0) is 11.3 Å². The smallest absolute Gasteiger partial charge is 0.239 e. The predicted molar refractivity (Wildman–Crippen MR) is 127 cm³/mol. The Morgan fingerprint density at radius 3 is 2.79 bits per heavy atom. The summed E-state index contributed by atoms with van der Waals surface area (Å²) in [5.74, 6) is 2.10. The van der Waals surface area contributed by atoms with Gasteiger partial charge in [0.25, 0.3) is 0 Å². The fraction of sp³-hybridized carbons (Fsp3) is 0.750. The molecule has 1 fully saturated rings. The van der Waals surface area contributed by atoms with Crippen molar-refractivity contribution in [2.75, 3.05) is 40.3 Å². The van der Waals surface area contributed by atoms with E-state index >= 15 is 0 Å². The topological polar surface area (TPSA) is 86.0 Å². The van der Waals surface area contributed by atoms with Gasteiger partial charge in [0.1, 0.15) is 6.54 Å². The summed E-state index contributed by atoms with van der Waals surface area (Å²) >= 11 is 0. The van der Waals surface area contributed by atoms with E-state index in [-0.39, 0.29) is 35.9 Å². The number of aliphatic imine (C=N–C) groups is 1. The number of carbonyl (C=O) groups is 1. The van der Waals surface area contributed by atoms with E-state index in [1.165, 1.54) is 0 Å². The van der Waals surface area contributed by atoms with Crippen molar-refractivity contribution in [3.8, 4) is 0 Å². The van der Waals surface area contributed by atoms with Crippen LogP contribution in [0, 0.1) is 0 Å². The van der Waals surface area contributed by atoms with E-state index in [1.807, 2.05) is 27.1 Å². The average molecular weight is 520 g/mol. The number of hydrogen-bond donors (Lipinski definition) is 2. The zero-order chi connectivity index (χ0) is 20.5. The summed E-state index contributed by atoms with van der Waals surface area (Å²) in [5, 5.41) is 10.7. The van der Waals surface area contributed by atoms with Crippen LogP contribution in [0.5, 0.6) is 0 Å². The van der Waals surface area contributed by atoms with Gasteiger partial charge in [-0.3, -0.25) is 9.69 Å². The number of nitrogens with zero attached hydrogens (tertiary/aromatic N) is 4. The van der Waals surface area contributed by atoms with Crippen LogP contribution in [0.15, 0.2) is 15.6 Å². The van der Waals surface area contributed by atoms with E-state index in [4.69, 9.17) is 4.52 Å². The number of amides is 1. The number of halogens is 1. The molecule has 166 valence electrons. The van der Waals surface area contributed by atoms with Crippen molar-refractivity contribution < 1.29 is 9.32 Å². The molecule has 1 unspecified atom stereocenters. The Bertz CT molecular complexity index is 647. The van der Waals surface area contributed by atoms with Crippen molar-refractivity contribution in [2.24, 2.45) is 4.99 Å². The summed E-state index contributed by atoms with van der Waals surface area (Å²) in [7, 11) is 3.66. The van der Waals surface area contributed by atoms with Crippen LogP contribution in [0.1, 0.15) is 57.4 Å². The van der Waals surface area contributed by atoms with Gasteiger partial charge >= 0.3 is 0 Å². The van der Waals surface area contributed by atoms with Gasteiger partial charge in [-0.25, -0.2) is 4.99 Å². The zero-order valence-corrected chi connectivity index (χ0v) is 20.7. The van der Waals surface area contributed by atoms with Crippen molar-refractivity contribution in [3.05, 3.63) is 17.5 Å². The van der Waals surface area contributed by atoms with Crippen molar-refractivity contribution in [2.45, 2.75) is 58.5 Å². The lowest BCUT2D eigenvalue weighted by atomic mass is 10.1. The van der Waals surface area contributed by atoms with Crippen LogP contribution in [-0.4, -0.2) is 73.1 Å². The Labute approximate surface area is 191 Å². The molecule has 0 saturated carbocycles. The highest BCUT2D eigenvalue weighted by Crippen LogP contribution is 2.18. The van der Waals surface area contributed by atoms with Crippen LogP contribution in [0.25, 0.3) is 0 Å². The highest BCUT2D eigenvalue weighted by molar-refractivity contribution is 14.0. The second-order valence-electron chi connectivity index (χ2n) is 7.77. The third-order valence-electron chi connectivity index (χ3n) is 4.91. The molecule has 1 amide bonds. The maximum Gasteiger partial charge on any atom is 0.239 e. The molecule has 1 saturated heterocycles. The normalized spacial score (nSPS) is 17.3. The lowest BCUT2D eigenvalue weighted by molar-refractivity contribution is -0.133. The molecule has 0 radical (unpaired) electrons. The monoisotopic (exact) mass is 520 g/mol. The second-order valence-corrected chi connectivity index (χ2v) is 7.77. The summed E-state index contributed by atoms with van der Waals surface area (Å²) < 4.78 is 5.35. The van der Waals surface area contributed by atoms with Gasteiger partial charge in [-0.1, -0.05) is 19.0 Å². The Balaban J connectivity index is 0.00000420. The fourth-order valence-electron chi connectivity index (χ4n) is 3.33. The Morgan fingerprint density at radius 1 is 1.41 bits per heavy atom. The second kappa shape index (κ2) is 13.0. The van der Waals surface area contributed by atoms with E-state index in [2.05, 4.69) is 39.5 Å². The fourth-order valence-corrected chi connectivity index (χ4v) is 3.33. The van der Waals surface area contributed by atoms with E-state index in [1.54, 1.807) is 4.90 Å². The molecule has 1 aromatic rings. The Hall–Kier alpha value is -1.36. The molecule has 0 spiro atoms. The first-order chi connectivity index (χ1) is 13.4. The summed E-state index contributed by atoms with van der Waals surface area (Å²) in [5.41, 5.74) is 0.954. The zero-order valence-electron chi connectivity index (χ0n) is 18.4. The van der Waals surface area contributed by atoms with Gasteiger partial charge in [-0.2, -0.15) is 0 Å². The molecular formula is C20H37IN6O2. The number of nitrogens with one attached hydrogen (secondary N) is 2. The predicted octanol–water partition coefficient (Wildman–Crippen LogP) is 2.41. The lowest BCUT2D eigenvalue weighted by Crippen LogP contribution is -2.44. The van der Waals surface area contributed by atoms with E-state index in [0.29, 0.717) is 12.5 Å². The van der Waals surface area contributed by atoms with Crippen molar-refractivity contribution in [1.82, 2.24) is 25.6 Å². The molecule has 0 aromatic carbocycles. The number of likely N-dealkylation sites (tertiary alicyclic amines) is 1. The molecule has 1 aliphatic heterocycles. The first-order valence-corrected chi connectivity index (χ1v) is 10.3. The third-order valence-corrected chi connectivity index (χ3v) is 4.91. The molecule has 1 aliphatic rings. The van der Waals surface area contributed by atoms with Crippen LogP contribution < -0.4 is 10.6 Å². The van der Waals surface area contributed by atoms with E-state index < -0.39 is 0 Å². The average Bonchev–Trinajstić information content (AvgIpc) is 3.31. The van der Waals surface area contributed by atoms with Gasteiger partial charge in [-0.15, -0.1) is 24.0 Å². The van der Waals surface area contributed by atoms with Gasteiger partial charge in [0.05, 0.1) is 11.7 Å². The molecule has 9 heteroatoms. The van der Waals surface area contributed by atoms with Gasteiger partial charge in [-0.05, 0) is 38.6 Å². The van der Waals surface area contributed by atoms with Crippen LogP contribution in [0.2, 0.25) is 0 Å². The van der Waals surface area contributed by atoms with Crippen LogP contribution in [0.4, 0.5) is 0 Å². The highest BCUT2D eigenvalue weighted by atomic mass is 127. The SMILES string of the molecule is CCNC(=NCc1cc(C(C)C)no1)NCCCN1CCCC1C(=O)N(C)C.I. The van der Waals surface area contributed by atoms with Crippen LogP contribution in [0.3, 0.4) is 0 Å². The number of hydrogen-bond acceptors (Lipinski definition) is 5. The minimum absolute atomic E-state index is 0. The molecule has 2 heterocycles. The summed E-state index contributed by atoms with van der Waals surface area (Å²) in [4.78, 5) is 20.9. The molecule has 2 rings (SSSR count). The first-order valence-electron chi connectivity index (χ1n) is 10.3. The molecule has 0 bridgehead atoms. The van der Waals surface area contributed by atoms with E-state index in [0.717, 1.165) is 62.9 Å². The van der Waals surface area contributed by atoms with Crippen molar-refractivity contribution >= 4 is 35.8 Å². The molecule has 1 atom stereocenters. The quantitative estimate of drug-likeness (QED) is 0.225. The number of guanidine groups is 1. The molecule has 2 N–H and O–H groups in total. The van der Waals surface area contributed by atoms with Crippen molar-refractivity contribution in [1.29, 1.82) is 0 Å². The lowest BCUT2D eigenvalue weighted by Gasteiger charge is -2.26. The molecule has 0 aliphatic carbocycles. The van der Waals surface area contributed by atoms with Gasteiger partial charge in [0, 0.05) is 39.8 Å². The van der Waals surface area contributed by atoms with Gasteiger partial charge in [0.15, 0.2) is 11.7 Å². The minimum Gasteiger partial charge on any atom is -0.359 e. The van der Waals surface area contributed by atoms with Gasteiger partial charge in [0.2, 0.25) is 5.91 Å². The Kier molecular flexibility index (Phi) is 11.6. The number of aromatic nitrogens is 1. The van der Waals surface area contributed by atoms with Crippen molar-refractivity contribution in [3.63, 3.8) is 0 Å². The summed E-state index contributed by atoms with van der Waals surface area (Å²) in [6.45, 7) is 10.2. The number of carbonyl (C=O) groups excluding carboxylic acids is 1. The Morgan fingerprint density at radius 2 is 2.17 bits per heavy atom. The molecule has 1 aromatic heterocycles. The standard InChI is InChI=1S/C20H36N6O2.HI/c1-6-21-20(23-14-16-13-17(15(2)3)24-28-16)22-10-8-12-26-11-7-9-18(26)19(27)25(4)5;/h13,15,18H,6-12,14H2,1-5H3,(H2,21,22,23);1H.